The minimum Gasteiger partial charge on any atom is -0.463 e. The summed E-state index contributed by atoms with van der Waals surface area (Å²) in [5.74, 6) is -1.66. The van der Waals surface area contributed by atoms with E-state index < -0.39 is 53.6 Å². The molecule has 2 heterocycles. The van der Waals surface area contributed by atoms with Gasteiger partial charge < -0.3 is 28.8 Å². The first kappa shape index (κ1) is 28.1. The number of esters is 3. The predicted molar refractivity (Wildman–Crippen MR) is 131 cm³/mol. The molecule has 5 atom stereocenters. The second-order valence-corrected chi connectivity index (χ2v) is 9.32. The molecule has 3 rings (SSSR count). The maximum Gasteiger partial charge on any atom is 0.303 e. The van der Waals surface area contributed by atoms with Gasteiger partial charge in [-0.3, -0.25) is 19.2 Å². The first-order valence-electron chi connectivity index (χ1n) is 11.7. The summed E-state index contributed by atoms with van der Waals surface area (Å²) in [4.78, 5) is 47.6. The highest BCUT2D eigenvalue weighted by molar-refractivity contribution is 7.99. The van der Waals surface area contributed by atoms with E-state index in [0.29, 0.717) is 17.5 Å². The molecule has 0 bridgehead atoms. The van der Waals surface area contributed by atoms with Gasteiger partial charge >= 0.3 is 17.9 Å². The number of nitrogens with zero attached hydrogens (tertiary/aromatic N) is 3. The van der Waals surface area contributed by atoms with Gasteiger partial charge in [-0.1, -0.05) is 42.1 Å². The van der Waals surface area contributed by atoms with Gasteiger partial charge in [-0.15, -0.1) is 10.2 Å². The molecule has 1 fully saturated rings. The molecule has 37 heavy (non-hydrogen) atoms. The van der Waals surface area contributed by atoms with E-state index in [1.807, 2.05) is 41.8 Å². The highest BCUT2D eigenvalue weighted by Gasteiger charge is 2.51. The fourth-order valence-electron chi connectivity index (χ4n) is 3.96. The van der Waals surface area contributed by atoms with Gasteiger partial charge in [0.05, 0.1) is 0 Å². The Morgan fingerprint density at radius 2 is 1.62 bits per heavy atom. The molecular weight excluding hydrogens is 504 g/mol. The molecule has 0 saturated carbocycles. The Hall–Kier alpha value is -3.45. The number of amides is 1. The van der Waals surface area contributed by atoms with Crippen LogP contribution < -0.4 is 5.32 Å². The fraction of sp³-hybridized carbons (Fsp3) is 0.500. The number of rotatable bonds is 9. The van der Waals surface area contributed by atoms with Crippen LogP contribution in [-0.2, 0) is 44.7 Å². The van der Waals surface area contributed by atoms with Gasteiger partial charge in [0.2, 0.25) is 5.91 Å². The summed E-state index contributed by atoms with van der Waals surface area (Å²) in [7, 11) is 0. The van der Waals surface area contributed by atoms with E-state index in [2.05, 4.69) is 15.5 Å². The first-order chi connectivity index (χ1) is 17.6. The molecule has 0 radical (unpaired) electrons. The van der Waals surface area contributed by atoms with Crippen LogP contribution in [0.2, 0.25) is 0 Å². The van der Waals surface area contributed by atoms with Crippen molar-refractivity contribution in [1.29, 1.82) is 0 Å². The van der Waals surface area contributed by atoms with E-state index in [1.165, 1.54) is 27.7 Å². The van der Waals surface area contributed by atoms with Crippen LogP contribution in [0, 0.1) is 0 Å². The van der Waals surface area contributed by atoms with Crippen molar-refractivity contribution in [2.45, 2.75) is 76.1 Å². The number of thioether (sulfide) groups is 1. The number of ether oxygens (including phenoxy) is 4. The Balaban J connectivity index is 2.02. The lowest BCUT2D eigenvalue weighted by Crippen LogP contribution is -2.65. The number of carbonyl (C=O) groups is 4. The molecule has 1 saturated heterocycles. The Morgan fingerprint density at radius 3 is 2.19 bits per heavy atom. The standard InChI is InChI=1S/C24H30N4O8S/c1-6-28-22(17-10-8-7-9-11-17)26-27-24(28)37-23-19(25-13(2)29)21(35-16(5)32)20(34-15(4)31)18(36-23)12-33-14(3)30/h7-11,18-21,23H,6,12H2,1-5H3,(H,25,29)/t18-,19+,20+,21-,23+/m0/s1. The predicted octanol–water partition coefficient (Wildman–Crippen LogP) is 1.71. The molecule has 1 aliphatic rings. The van der Waals surface area contributed by atoms with E-state index >= 15 is 0 Å². The molecule has 12 nitrogen and oxygen atoms in total. The molecular formula is C24H30N4O8S. The van der Waals surface area contributed by atoms with E-state index in [-0.39, 0.29) is 6.61 Å². The summed E-state index contributed by atoms with van der Waals surface area (Å²) >= 11 is 1.15. The van der Waals surface area contributed by atoms with Gasteiger partial charge in [0.15, 0.2) is 23.2 Å². The van der Waals surface area contributed by atoms with Crippen LogP contribution in [0.4, 0.5) is 0 Å². The molecule has 0 spiro atoms. The van der Waals surface area contributed by atoms with Crippen molar-refractivity contribution in [2.75, 3.05) is 6.61 Å². The van der Waals surface area contributed by atoms with E-state index in [9.17, 15) is 19.2 Å². The summed E-state index contributed by atoms with van der Waals surface area (Å²) in [6.07, 6.45) is -3.28. The van der Waals surface area contributed by atoms with Gasteiger partial charge in [0, 0.05) is 39.8 Å². The van der Waals surface area contributed by atoms with Crippen molar-refractivity contribution in [3.63, 3.8) is 0 Å². The molecule has 0 unspecified atom stereocenters. The van der Waals surface area contributed by atoms with Crippen molar-refractivity contribution in [3.8, 4) is 11.4 Å². The fourth-order valence-corrected chi connectivity index (χ4v) is 5.16. The van der Waals surface area contributed by atoms with Crippen LogP contribution in [0.15, 0.2) is 35.5 Å². The molecule has 1 aromatic heterocycles. The summed E-state index contributed by atoms with van der Waals surface area (Å²) in [5.41, 5.74) is -0.00846. The monoisotopic (exact) mass is 534 g/mol. The minimum absolute atomic E-state index is 0.273. The van der Waals surface area contributed by atoms with Crippen LogP contribution in [0.25, 0.3) is 11.4 Å². The summed E-state index contributed by atoms with van der Waals surface area (Å²) in [5, 5.41) is 11.9. The van der Waals surface area contributed by atoms with E-state index in [4.69, 9.17) is 18.9 Å². The zero-order valence-electron chi connectivity index (χ0n) is 21.2. The third-order valence-corrected chi connectivity index (χ3v) is 6.51. The molecule has 1 aliphatic heterocycles. The Kier molecular flexibility index (Phi) is 9.64. The summed E-state index contributed by atoms with van der Waals surface area (Å²) < 4.78 is 24.2. The molecule has 200 valence electrons. The lowest BCUT2D eigenvalue weighted by Gasteiger charge is -2.44. The largest absolute Gasteiger partial charge is 0.463 e. The van der Waals surface area contributed by atoms with Crippen molar-refractivity contribution in [3.05, 3.63) is 30.3 Å². The van der Waals surface area contributed by atoms with Gasteiger partial charge in [-0.05, 0) is 6.92 Å². The number of aromatic nitrogens is 3. The Bertz CT molecular complexity index is 1130. The maximum atomic E-state index is 12.2. The van der Waals surface area contributed by atoms with E-state index in [1.54, 1.807) is 0 Å². The van der Waals surface area contributed by atoms with Crippen molar-refractivity contribution in [1.82, 2.24) is 20.1 Å². The lowest BCUT2D eigenvalue weighted by molar-refractivity contribution is -0.211. The van der Waals surface area contributed by atoms with Crippen LogP contribution in [0.5, 0.6) is 0 Å². The van der Waals surface area contributed by atoms with Crippen LogP contribution in [-0.4, -0.2) is 75.0 Å². The van der Waals surface area contributed by atoms with E-state index in [0.717, 1.165) is 17.3 Å². The average molecular weight is 535 g/mol. The topological polar surface area (TPSA) is 148 Å². The number of benzene rings is 1. The minimum atomic E-state index is -1.15. The van der Waals surface area contributed by atoms with Crippen LogP contribution >= 0.6 is 11.8 Å². The second-order valence-electron chi connectivity index (χ2n) is 8.25. The third kappa shape index (κ3) is 7.29. The van der Waals surface area contributed by atoms with Crippen molar-refractivity contribution in [2.24, 2.45) is 0 Å². The normalized spacial score (nSPS) is 23.1. The smallest absolute Gasteiger partial charge is 0.303 e. The number of nitrogens with one attached hydrogen (secondary N) is 1. The number of hydrogen-bond acceptors (Lipinski definition) is 11. The van der Waals surface area contributed by atoms with Crippen molar-refractivity contribution >= 4 is 35.6 Å². The Labute approximate surface area is 218 Å². The van der Waals surface area contributed by atoms with Gasteiger partial charge in [-0.2, -0.15) is 0 Å². The van der Waals surface area contributed by atoms with Gasteiger partial charge in [0.25, 0.3) is 0 Å². The number of carbonyl (C=O) groups excluding carboxylic acids is 4. The average Bonchev–Trinajstić information content (AvgIpc) is 3.23. The second kappa shape index (κ2) is 12.7. The summed E-state index contributed by atoms with van der Waals surface area (Å²) in [6.45, 7) is 7.14. The third-order valence-electron chi connectivity index (χ3n) is 5.36. The molecule has 2 aromatic rings. The summed E-state index contributed by atoms with van der Waals surface area (Å²) in [6, 6.07) is 8.58. The Morgan fingerprint density at radius 1 is 0.973 bits per heavy atom. The first-order valence-corrected chi connectivity index (χ1v) is 12.5. The quantitative estimate of drug-likeness (QED) is 0.370. The zero-order valence-corrected chi connectivity index (χ0v) is 22.0. The number of hydrogen-bond donors (Lipinski definition) is 1. The molecule has 1 amide bonds. The van der Waals surface area contributed by atoms with Gasteiger partial charge in [0.1, 0.15) is 24.2 Å². The molecule has 13 heteroatoms. The molecule has 1 aromatic carbocycles. The maximum absolute atomic E-state index is 12.2. The van der Waals surface area contributed by atoms with Crippen LogP contribution in [0.1, 0.15) is 34.6 Å². The van der Waals surface area contributed by atoms with Crippen molar-refractivity contribution < 1.29 is 38.1 Å². The van der Waals surface area contributed by atoms with Gasteiger partial charge in [-0.25, -0.2) is 0 Å². The lowest BCUT2D eigenvalue weighted by atomic mass is 9.97. The van der Waals surface area contributed by atoms with Crippen LogP contribution in [0.3, 0.4) is 0 Å². The highest BCUT2D eigenvalue weighted by Crippen LogP contribution is 2.36. The highest BCUT2D eigenvalue weighted by atomic mass is 32.2. The zero-order chi connectivity index (χ0) is 27.1. The SMILES string of the molecule is CCn1c(S[C@H]2O[C@@H](COC(C)=O)[C@@H](OC(C)=O)[C@@H](OC(C)=O)[C@H]2NC(C)=O)nnc1-c1ccccc1. The molecule has 1 N–H and O–H groups in total. The molecule has 0 aliphatic carbocycles.